The number of pyridine rings is 1. The summed E-state index contributed by atoms with van der Waals surface area (Å²) in [6, 6.07) is 9.23. The first-order valence-corrected chi connectivity index (χ1v) is 6.07. The zero-order valence-electron chi connectivity index (χ0n) is 10.9. The van der Waals surface area contributed by atoms with E-state index >= 15 is 0 Å². The maximum atomic E-state index is 11.1. The van der Waals surface area contributed by atoms with Gasteiger partial charge in [0, 0.05) is 18.0 Å². The summed E-state index contributed by atoms with van der Waals surface area (Å²) in [6.45, 7) is 3.85. The number of nitrogens with zero attached hydrogens (tertiary/aromatic N) is 1. The van der Waals surface area contributed by atoms with Gasteiger partial charge in [0.15, 0.2) is 0 Å². The minimum Gasteiger partial charge on any atom is -0.477 e. The largest absolute Gasteiger partial charge is 0.477 e. The van der Waals surface area contributed by atoms with E-state index in [1.54, 1.807) is 19.1 Å². The molecule has 0 aliphatic rings. The van der Waals surface area contributed by atoms with Crippen LogP contribution in [0.15, 0.2) is 36.5 Å². The van der Waals surface area contributed by atoms with Crippen LogP contribution in [0.4, 0.5) is 0 Å². The second-order valence-electron chi connectivity index (χ2n) is 4.23. The van der Waals surface area contributed by atoms with E-state index in [2.05, 4.69) is 11.9 Å². The summed E-state index contributed by atoms with van der Waals surface area (Å²) in [5.41, 5.74) is 1.92. The van der Waals surface area contributed by atoms with Crippen LogP contribution in [0.2, 0.25) is 0 Å². The highest BCUT2D eigenvalue weighted by atomic mass is 16.5. The van der Waals surface area contributed by atoms with Crippen molar-refractivity contribution >= 4 is 5.97 Å². The summed E-state index contributed by atoms with van der Waals surface area (Å²) >= 11 is 0. The molecule has 4 nitrogen and oxygen atoms in total. The number of rotatable bonds is 4. The van der Waals surface area contributed by atoms with Crippen molar-refractivity contribution in [2.75, 3.05) is 0 Å². The van der Waals surface area contributed by atoms with Crippen molar-refractivity contribution in [2.24, 2.45) is 0 Å². The maximum Gasteiger partial charge on any atom is 0.341 e. The van der Waals surface area contributed by atoms with E-state index in [4.69, 9.17) is 9.84 Å². The van der Waals surface area contributed by atoms with Gasteiger partial charge in [-0.15, -0.1) is 0 Å². The molecule has 19 heavy (non-hydrogen) atoms. The second-order valence-corrected chi connectivity index (χ2v) is 4.23. The Morgan fingerprint density at radius 2 is 2.16 bits per heavy atom. The van der Waals surface area contributed by atoms with Gasteiger partial charge >= 0.3 is 5.97 Å². The molecule has 1 heterocycles. The molecule has 0 aliphatic heterocycles. The Morgan fingerprint density at radius 3 is 2.84 bits per heavy atom. The smallest absolute Gasteiger partial charge is 0.341 e. The van der Waals surface area contributed by atoms with Gasteiger partial charge in [-0.3, -0.25) is 4.98 Å². The molecule has 0 fully saturated rings. The number of carboxylic acids is 1. The summed E-state index contributed by atoms with van der Waals surface area (Å²) in [6.07, 6.45) is 2.22. The molecular weight excluding hydrogens is 242 g/mol. The van der Waals surface area contributed by atoms with Crippen molar-refractivity contribution in [3.8, 4) is 11.5 Å². The van der Waals surface area contributed by atoms with Gasteiger partial charge in [0.25, 0.3) is 0 Å². The van der Waals surface area contributed by atoms with Gasteiger partial charge in [0.05, 0.1) is 0 Å². The molecular formula is C15H15NO3. The van der Waals surface area contributed by atoms with Crippen LogP contribution in [0, 0.1) is 6.92 Å². The van der Waals surface area contributed by atoms with E-state index in [-0.39, 0.29) is 5.56 Å². The van der Waals surface area contributed by atoms with Crippen molar-refractivity contribution in [3.05, 3.63) is 53.3 Å². The fraction of sp³-hybridized carbons (Fsp3) is 0.200. The third kappa shape index (κ3) is 3.10. The second kappa shape index (κ2) is 5.52. The first-order valence-electron chi connectivity index (χ1n) is 6.07. The van der Waals surface area contributed by atoms with Crippen LogP contribution in [0.1, 0.15) is 28.5 Å². The Kier molecular flexibility index (Phi) is 3.80. The van der Waals surface area contributed by atoms with Crippen LogP contribution in [0.5, 0.6) is 11.5 Å². The molecule has 1 aromatic heterocycles. The topological polar surface area (TPSA) is 59.4 Å². The first-order chi connectivity index (χ1) is 9.10. The van der Waals surface area contributed by atoms with Gasteiger partial charge < -0.3 is 9.84 Å². The van der Waals surface area contributed by atoms with E-state index < -0.39 is 5.97 Å². The minimum atomic E-state index is -1.05. The lowest BCUT2D eigenvalue weighted by Gasteiger charge is -2.10. The molecule has 0 amide bonds. The van der Waals surface area contributed by atoms with Crippen molar-refractivity contribution in [3.63, 3.8) is 0 Å². The minimum absolute atomic E-state index is 0.0625. The van der Waals surface area contributed by atoms with Gasteiger partial charge in [-0.1, -0.05) is 19.1 Å². The lowest BCUT2D eigenvalue weighted by molar-refractivity contribution is 0.0693. The predicted octanol–water partition coefficient (Wildman–Crippen LogP) is 3.44. The average molecular weight is 257 g/mol. The van der Waals surface area contributed by atoms with Crippen LogP contribution in [0.3, 0.4) is 0 Å². The number of aromatic carboxylic acids is 1. The Bertz CT molecular complexity index is 608. The maximum absolute atomic E-state index is 11.1. The molecule has 0 unspecified atom stereocenters. The Hall–Kier alpha value is -2.36. The van der Waals surface area contributed by atoms with Gasteiger partial charge in [-0.25, -0.2) is 4.79 Å². The van der Waals surface area contributed by atoms with E-state index in [1.807, 2.05) is 18.2 Å². The molecule has 2 rings (SSSR count). The molecule has 0 radical (unpaired) electrons. The number of hydrogen-bond acceptors (Lipinski definition) is 3. The zero-order chi connectivity index (χ0) is 13.8. The third-order valence-electron chi connectivity index (χ3n) is 2.77. The highest BCUT2D eigenvalue weighted by Crippen LogP contribution is 2.26. The van der Waals surface area contributed by atoms with Crippen LogP contribution in [-0.2, 0) is 6.42 Å². The average Bonchev–Trinajstić information content (AvgIpc) is 2.38. The Balaban J connectivity index is 2.36. The quantitative estimate of drug-likeness (QED) is 0.911. The number of carboxylic acid groups (broad SMARTS) is 1. The molecule has 0 saturated heterocycles. The van der Waals surface area contributed by atoms with Crippen LogP contribution >= 0.6 is 0 Å². The molecule has 0 spiro atoms. The van der Waals surface area contributed by atoms with E-state index in [0.29, 0.717) is 17.2 Å². The fourth-order valence-corrected chi connectivity index (χ4v) is 1.74. The SMILES string of the molecule is CCc1cccc(Oc2cc(C)ncc2C(=O)O)c1. The van der Waals surface area contributed by atoms with Crippen molar-refractivity contribution < 1.29 is 14.6 Å². The van der Waals surface area contributed by atoms with Crippen molar-refractivity contribution in [1.82, 2.24) is 4.98 Å². The van der Waals surface area contributed by atoms with Crippen molar-refractivity contribution in [1.29, 1.82) is 0 Å². The van der Waals surface area contributed by atoms with Crippen LogP contribution in [0.25, 0.3) is 0 Å². The normalized spacial score (nSPS) is 10.2. The first kappa shape index (κ1) is 13.1. The molecule has 0 aliphatic carbocycles. The zero-order valence-corrected chi connectivity index (χ0v) is 10.9. The van der Waals surface area contributed by atoms with Crippen molar-refractivity contribution in [2.45, 2.75) is 20.3 Å². The Morgan fingerprint density at radius 1 is 1.37 bits per heavy atom. The number of carbonyl (C=O) groups is 1. The van der Waals surface area contributed by atoms with E-state index in [0.717, 1.165) is 12.0 Å². The predicted molar refractivity (Wildman–Crippen MR) is 71.8 cm³/mol. The third-order valence-corrected chi connectivity index (χ3v) is 2.77. The molecule has 1 aromatic carbocycles. The highest BCUT2D eigenvalue weighted by molar-refractivity contribution is 5.90. The summed E-state index contributed by atoms with van der Waals surface area (Å²) in [5, 5.41) is 9.12. The number of hydrogen-bond donors (Lipinski definition) is 1. The lowest BCUT2D eigenvalue weighted by Crippen LogP contribution is -2.02. The van der Waals surface area contributed by atoms with E-state index in [1.165, 1.54) is 6.20 Å². The monoisotopic (exact) mass is 257 g/mol. The number of benzene rings is 1. The molecule has 1 N–H and O–H groups in total. The molecule has 98 valence electrons. The molecule has 2 aromatic rings. The Labute approximate surface area is 111 Å². The standard InChI is InChI=1S/C15H15NO3/c1-3-11-5-4-6-12(8-11)19-14-7-10(2)16-9-13(14)15(17)18/h4-9H,3H2,1-2H3,(H,17,18). The van der Waals surface area contributed by atoms with E-state index in [9.17, 15) is 4.79 Å². The van der Waals surface area contributed by atoms with Gasteiger partial charge in [0.1, 0.15) is 17.1 Å². The van der Waals surface area contributed by atoms with Crippen LogP contribution < -0.4 is 4.74 Å². The fourth-order valence-electron chi connectivity index (χ4n) is 1.74. The molecule has 0 saturated carbocycles. The summed E-state index contributed by atoms with van der Waals surface area (Å²) in [7, 11) is 0. The van der Waals surface area contributed by atoms with Gasteiger partial charge in [0.2, 0.25) is 0 Å². The summed E-state index contributed by atoms with van der Waals surface area (Å²) in [4.78, 5) is 15.1. The highest BCUT2D eigenvalue weighted by Gasteiger charge is 2.13. The molecule has 4 heteroatoms. The number of aryl methyl sites for hydroxylation is 2. The number of ether oxygens (including phenoxy) is 1. The number of aromatic nitrogens is 1. The molecule has 0 atom stereocenters. The van der Waals surface area contributed by atoms with Gasteiger partial charge in [-0.05, 0) is 31.0 Å². The van der Waals surface area contributed by atoms with Crippen LogP contribution in [-0.4, -0.2) is 16.1 Å². The summed E-state index contributed by atoms with van der Waals surface area (Å²) < 4.78 is 5.67. The lowest BCUT2D eigenvalue weighted by atomic mass is 10.1. The summed E-state index contributed by atoms with van der Waals surface area (Å²) in [5.74, 6) is -0.102. The molecule has 0 bridgehead atoms. The van der Waals surface area contributed by atoms with Gasteiger partial charge in [-0.2, -0.15) is 0 Å².